The lowest BCUT2D eigenvalue weighted by molar-refractivity contribution is -0.179. The van der Waals surface area contributed by atoms with Gasteiger partial charge in [0.15, 0.2) is 11.6 Å². The fraction of sp³-hybridized carbons (Fsp3) is 0.833. The minimum absolute atomic E-state index is 0.0155. The van der Waals surface area contributed by atoms with Crippen LogP contribution in [0.5, 0.6) is 0 Å². The Morgan fingerprint density at radius 3 is 2.18 bits per heavy atom. The van der Waals surface area contributed by atoms with Crippen molar-refractivity contribution in [3.63, 3.8) is 0 Å². The number of allylic oxidation sites excluding steroid dienone is 1. The van der Waals surface area contributed by atoms with Crippen LogP contribution < -0.4 is 0 Å². The van der Waals surface area contributed by atoms with E-state index in [9.17, 15) is 39.9 Å². The molecule has 0 aromatic rings. The van der Waals surface area contributed by atoms with Gasteiger partial charge in [-0.3, -0.25) is 14.4 Å². The maximum absolute atomic E-state index is 14.0. The maximum Gasteiger partial charge on any atom is 0.167 e. The number of ketones is 3. The van der Waals surface area contributed by atoms with Gasteiger partial charge in [-0.05, 0) is 56.8 Å². The Kier molecular flexibility index (Phi) is 7.84. The Balaban J connectivity index is 2.08. The van der Waals surface area contributed by atoms with E-state index in [0.29, 0.717) is 6.42 Å². The van der Waals surface area contributed by atoms with Crippen LogP contribution in [-0.4, -0.2) is 72.4 Å². The van der Waals surface area contributed by atoms with Gasteiger partial charge in [-0.1, -0.05) is 46.8 Å². The summed E-state index contributed by atoms with van der Waals surface area (Å²) in [5.41, 5.74) is -6.90. The molecule has 0 aromatic heterocycles. The lowest BCUT2D eigenvalue weighted by Crippen LogP contribution is -2.62. The van der Waals surface area contributed by atoms with Crippen LogP contribution >= 0.6 is 0 Å². The van der Waals surface area contributed by atoms with E-state index in [4.69, 9.17) is 0 Å². The molecule has 0 spiro atoms. The Hall–Kier alpha value is -1.45. The molecule has 3 rings (SSSR count). The number of hydrogen-bond acceptors (Lipinski definition) is 8. The topological polar surface area (TPSA) is 152 Å². The predicted molar refractivity (Wildman–Crippen MR) is 142 cm³/mol. The van der Waals surface area contributed by atoms with Gasteiger partial charge >= 0.3 is 0 Å². The van der Waals surface area contributed by atoms with Crippen LogP contribution in [0.4, 0.5) is 0 Å². The van der Waals surface area contributed by atoms with Crippen LogP contribution in [0.1, 0.15) is 93.9 Å². The summed E-state index contributed by atoms with van der Waals surface area (Å²) in [4.78, 5) is 40.2. The van der Waals surface area contributed by atoms with Crippen LogP contribution in [0.2, 0.25) is 0 Å². The molecule has 0 saturated heterocycles. The van der Waals surface area contributed by atoms with Crippen molar-refractivity contribution < 1.29 is 39.9 Å². The molecule has 0 aromatic carbocycles. The van der Waals surface area contributed by atoms with Crippen molar-refractivity contribution in [2.24, 2.45) is 33.5 Å². The SMILES string of the molecule is CC(C)(O)C(O)CC(=O)C(C)(O)C1C(O)CC2(C)C3CC=CC(C)(C)C(O)C(=O)CCC3(C)C(=O)CC12C. The molecule has 0 heterocycles. The zero-order chi connectivity index (χ0) is 29.3. The molecular weight excluding hydrogens is 488 g/mol. The van der Waals surface area contributed by atoms with Gasteiger partial charge in [0.05, 0.1) is 17.8 Å². The largest absolute Gasteiger partial charge is 0.393 e. The summed E-state index contributed by atoms with van der Waals surface area (Å²) in [6, 6.07) is 0. The summed E-state index contributed by atoms with van der Waals surface area (Å²) in [6.07, 6.45) is 0.657. The number of aliphatic hydroxyl groups excluding tert-OH is 3. The zero-order valence-corrected chi connectivity index (χ0v) is 24.2. The van der Waals surface area contributed by atoms with Crippen molar-refractivity contribution >= 4 is 17.3 Å². The molecule has 0 radical (unpaired) electrons. The van der Waals surface area contributed by atoms with Gasteiger partial charge < -0.3 is 25.5 Å². The van der Waals surface area contributed by atoms with Gasteiger partial charge in [0.25, 0.3) is 0 Å². The van der Waals surface area contributed by atoms with Crippen LogP contribution in [0.25, 0.3) is 0 Å². The molecule has 38 heavy (non-hydrogen) atoms. The molecule has 8 heteroatoms. The molecule has 5 N–H and O–H groups in total. The molecule has 2 fully saturated rings. The molecule has 0 amide bonds. The first-order valence-corrected chi connectivity index (χ1v) is 13.8. The molecule has 3 aliphatic rings. The smallest absolute Gasteiger partial charge is 0.167 e. The van der Waals surface area contributed by atoms with Crippen molar-refractivity contribution in [1.82, 2.24) is 0 Å². The lowest BCUT2D eigenvalue weighted by atomic mass is 9.43. The van der Waals surface area contributed by atoms with Gasteiger partial charge in [0.2, 0.25) is 0 Å². The zero-order valence-electron chi connectivity index (χ0n) is 24.2. The van der Waals surface area contributed by atoms with Crippen LogP contribution in [0.15, 0.2) is 12.2 Å². The molecule has 0 aliphatic heterocycles. The molecule has 8 nitrogen and oxygen atoms in total. The van der Waals surface area contributed by atoms with Crippen LogP contribution in [-0.2, 0) is 14.4 Å². The van der Waals surface area contributed by atoms with Gasteiger partial charge in [-0.25, -0.2) is 0 Å². The van der Waals surface area contributed by atoms with E-state index < -0.39 is 69.3 Å². The Labute approximate surface area is 226 Å². The van der Waals surface area contributed by atoms with Gasteiger partial charge in [-0.15, -0.1) is 0 Å². The van der Waals surface area contributed by atoms with Crippen molar-refractivity contribution in [2.75, 3.05) is 0 Å². The minimum Gasteiger partial charge on any atom is -0.393 e. The van der Waals surface area contributed by atoms with E-state index in [1.165, 1.54) is 20.8 Å². The highest BCUT2D eigenvalue weighted by Gasteiger charge is 2.72. The Morgan fingerprint density at radius 2 is 1.63 bits per heavy atom. The second-order valence-corrected chi connectivity index (χ2v) is 14.4. The van der Waals surface area contributed by atoms with E-state index >= 15 is 0 Å². The second-order valence-electron chi connectivity index (χ2n) is 14.4. The van der Waals surface area contributed by atoms with E-state index in [2.05, 4.69) is 0 Å². The molecule has 2 saturated carbocycles. The lowest BCUT2D eigenvalue weighted by Gasteiger charge is -2.60. The van der Waals surface area contributed by atoms with Crippen molar-refractivity contribution in [2.45, 2.75) is 123 Å². The number of carbonyl (C=O) groups excluding carboxylic acids is 3. The molecule has 3 aliphatic carbocycles. The molecule has 216 valence electrons. The van der Waals surface area contributed by atoms with Crippen molar-refractivity contribution in [1.29, 1.82) is 0 Å². The Morgan fingerprint density at radius 1 is 1.05 bits per heavy atom. The summed E-state index contributed by atoms with van der Waals surface area (Å²) in [5, 5.41) is 54.2. The van der Waals surface area contributed by atoms with Gasteiger partial charge in [-0.2, -0.15) is 0 Å². The predicted octanol–water partition coefficient (Wildman–Crippen LogP) is 2.51. The molecule has 9 atom stereocenters. The normalized spacial score (nSPS) is 42.1. The average molecular weight is 537 g/mol. The number of carbonyl (C=O) groups is 3. The van der Waals surface area contributed by atoms with Gasteiger partial charge in [0.1, 0.15) is 17.5 Å². The fourth-order valence-corrected chi connectivity index (χ4v) is 8.02. The molecule has 9 unspecified atom stereocenters. The van der Waals surface area contributed by atoms with E-state index in [1.807, 2.05) is 32.9 Å². The molecule has 0 bridgehead atoms. The number of hydrogen-bond donors (Lipinski definition) is 5. The number of aliphatic hydroxyl groups is 5. The van der Waals surface area contributed by atoms with Crippen LogP contribution in [0, 0.1) is 33.5 Å². The summed E-state index contributed by atoms with van der Waals surface area (Å²) in [5.74, 6) is -2.36. The third kappa shape index (κ3) is 4.74. The number of Topliss-reactive ketones (excluding diaryl/α,β-unsaturated/α-hetero) is 3. The number of fused-ring (bicyclic) bond motifs is 3. The first kappa shape index (κ1) is 31.1. The van der Waals surface area contributed by atoms with Gasteiger partial charge in [0, 0.05) is 36.0 Å². The Bertz CT molecular complexity index is 1010. The summed E-state index contributed by atoms with van der Waals surface area (Å²) in [6.45, 7) is 13.4. The highest BCUT2D eigenvalue weighted by molar-refractivity contribution is 5.90. The van der Waals surface area contributed by atoms with E-state index in [0.717, 1.165) is 0 Å². The highest BCUT2D eigenvalue weighted by atomic mass is 16.3. The highest BCUT2D eigenvalue weighted by Crippen LogP contribution is 2.71. The third-order valence-corrected chi connectivity index (χ3v) is 10.9. The average Bonchev–Trinajstić information content (AvgIpc) is 2.97. The molecular formula is C30H48O8. The van der Waals surface area contributed by atoms with Crippen molar-refractivity contribution in [3.8, 4) is 0 Å². The monoisotopic (exact) mass is 536 g/mol. The third-order valence-electron chi connectivity index (χ3n) is 10.9. The standard InChI is InChI=1S/C30H48O8/c1-25(2)12-9-10-19-27(5,13-11-17(31)24(25)36)22(35)16-29(7)23(18(32)15-28(19,29)6)30(8,38)21(34)14-20(33)26(3,4)37/h9,12,18-20,23-24,32-33,36-38H,10-11,13-16H2,1-8H3. The van der Waals surface area contributed by atoms with E-state index in [1.54, 1.807) is 13.8 Å². The fourth-order valence-electron chi connectivity index (χ4n) is 8.02. The first-order valence-electron chi connectivity index (χ1n) is 13.8. The van der Waals surface area contributed by atoms with E-state index in [-0.39, 0.29) is 43.2 Å². The first-order chi connectivity index (χ1) is 17.1. The summed E-state index contributed by atoms with van der Waals surface area (Å²) >= 11 is 0. The summed E-state index contributed by atoms with van der Waals surface area (Å²) in [7, 11) is 0. The summed E-state index contributed by atoms with van der Waals surface area (Å²) < 4.78 is 0. The second kappa shape index (κ2) is 9.58. The maximum atomic E-state index is 14.0. The van der Waals surface area contributed by atoms with Crippen molar-refractivity contribution in [3.05, 3.63) is 12.2 Å². The minimum atomic E-state index is -2.06. The van der Waals surface area contributed by atoms with Crippen LogP contribution in [0.3, 0.4) is 0 Å². The quantitative estimate of drug-likeness (QED) is 0.336. The number of rotatable bonds is 5.